The molecule has 0 aromatic heterocycles. The number of rotatable bonds is 4. The van der Waals surface area contributed by atoms with Gasteiger partial charge in [0.2, 0.25) is 0 Å². The van der Waals surface area contributed by atoms with Crippen molar-refractivity contribution in [2.45, 2.75) is 73.0 Å². The van der Waals surface area contributed by atoms with Gasteiger partial charge in [-0.2, -0.15) is 0 Å². The molecule has 10 aromatic rings. The van der Waals surface area contributed by atoms with Crippen molar-refractivity contribution < 1.29 is 4.74 Å². The molecule has 0 fully saturated rings. The molecule has 2 aliphatic carbocycles. The molecule has 10 aromatic carbocycles. The number of para-hydroxylation sites is 2. The van der Waals surface area contributed by atoms with Crippen molar-refractivity contribution in [3.8, 4) is 44.9 Å². The summed E-state index contributed by atoms with van der Waals surface area (Å²) >= 11 is 1.92. The van der Waals surface area contributed by atoms with Crippen LogP contribution in [0.15, 0.2) is 234 Å². The van der Waals surface area contributed by atoms with Gasteiger partial charge >= 0.3 is 0 Å². The van der Waals surface area contributed by atoms with E-state index in [4.69, 9.17) is 4.74 Å². The molecule has 0 atom stereocenters. The molecule has 352 valence electrons. The van der Waals surface area contributed by atoms with Crippen LogP contribution in [0.1, 0.15) is 97.2 Å². The van der Waals surface area contributed by atoms with E-state index in [1.807, 2.05) is 11.8 Å². The van der Waals surface area contributed by atoms with Gasteiger partial charge in [-0.05, 0) is 138 Å². The second-order valence-electron chi connectivity index (χ2n) is 22.4. The molecule has 0 bridgehead atoms. The minimum atomic E-state index is -0.621. The zero-order valence-electron chi connectivity index (χ0n) is 42.1. The normalized spacial score (nSPS) is 14.7. The van der Waals surface area contributed by atoms with Crippen LogP contribution >= 0.6 is 11.8 Å². The molecule has 0 saturated carbocycles. The van der Waals surface area contributed by atoms with Crippen molar-refractivity contribution in [3.05, 3.63) is 280 Å². The van der Waals surface area contributed by atoms with Gasteiger partial charge < -0.3 is 9.64 Å². The van der Waals surface area contributed by atoms with Crippen molar-refractivity contribution in [1.29, 1.82) is 0 Å². The van der Waals surface area contributed by atoms with E-state index >= 15 is 0 Å². The molecule has 0 N–H and O–H groups in total. The lowest BCUT2D eigenvalue weighted by Crippen LogP contribution is -2.33. The fraction of sp³-hybridized carbons (Fsp3) is 0.143. The van der Waals surface area contributed by atoms with Gasteiger partial charge in [0.05, 0.1) is 16.5 Å². The second-order valence-corrected chi connectivity index (χ2v) is 23.5. The van der Waals surface area contributed by atoms with Crippen LogP contribution in [-0.4, -0.2) is 0 Å². The summed E-state index contributed by atoms with van der Waals surface area (Å²) in [5, 5.41) is 0. The molecule has 2 spiro atoms. The quantitative estimate of drug-likeness (QED) is 0.174. The molecule has 14 rings (SSSR count). The van der Waals surface area contributed by atoms with Crippen LogP contribution in [-0.2, 0) is 21.7 Å². The van der Waals surface area contributed by atoms with Crippen LogP contribution in [0.3, 0.4) is 0 Å². The highest BCUT2D eigenvalue weighted by Crippen LogP contribution is 2.65. The van der Waals surface area contributed by atoms with E-state index in [2.05, 4.69) is 271 Å². The lowest BCUT2D eigenvalue weighted by molar-refractivity contribution is 0.436. The van der Waals surface area contributed by atoms with E-state index in [0.717, 1.165) is 50.8 Å². The Balaban J connectivity index is 1.08. The first-order valence-corrected chi connectivity index (χ1v) is 26.6. The summed E-state index contributed by atoms with van der Waals surface area (Å²) in [5.41, 5.74) is 22.2. The first-order valence-electron chi connectivity index (χ1n) is 25.7. The van der Waals surface area contributed by atoms with Crippen LogP contribution in [0, 0.1) is 0 Å². The van der Waals surface area contributed by atoms with Crippen LogP contribution in [0.25, 0.3) is 33.4 Å². The van der Waals surface area contributed by atoms with E-state index in [9.17, 15) is 0 Å². The SMILES string of the molecule is CC(C)(C)c1ccc2c(c1)C1(c3cc(C(C)(C)C)ccc3S2)c2ccccc2-c2ccc(N(c3ccc4c(c3)C3(c5ccccc5O4)c4ccccc4-c4ccccc43)c3ccccc3-c3ccccc3)cc21. The summed E-state index contributed by atoms with van der Waals surface area (Å²) in [7, 11) is 0. The molecule has 0 saturated heterocycles. The molecule has 2 aliphatic heterocycles. The number of hydrogen-bond acceptors (Lipinski definition) is 3. The number of ether oxygens (including phenoxy) is 1. The maximum Gasteiger partial charge on any atom is 0.132 e. The van der Waals surface area contributed by atoms with Crippen LogP contribution in [0.4, 0.5) is 17.1 Å². The highest BCUT2D eigenvalue weighted by Gasteiger charge is 2.53. The molecule has 2 heterocycles. The molecule has 3 heteroatoms. The Hall–Kier alpha value is -7.85. The molecule has 73 heavy (non-hydrogen) atoms. The predicted molar refractivity (Wildman–Crippen MR) is 303 cm³/mol. The number of benzene rings is 10. The molecule has 0 amide bonds. The largest absolute Gasteiger partial charge is 0.457 e. The summed E-state index contributed by atoms with van der Waals surface area (Å²) in [6, 6.07) is 84.6. The van der Waals surface area contributed by atoms with Crippen LogP contribution < -0.4 is 9.64 Å². The van der Waals surface area contributed by atoms with E-state index in [1.165, 1.54) is 76.6 Å². The Morgan fingerprint density at radius 2 is 0.781 bits per heavy atom. The van der Waals surface area contributed by atoms with E-state index in [-0.39, 0.29) is 10.8 Å². The first-order chi connectivity index (χ1) is 35.5. The highest BCUT2D eigenvalue weighted by atomic mass is 32.2. The summed E-state index contributed by atoms with van der Waals surface area (Å²) in [6.45, 7) is 14.1. The first kappa shape index (κ1) is 43.9. The molecular weight excluding hydrogens is 903 g/mol. The third-order valence-corrected chi connectivity index (χ3v) is 17.5. The Morgan fingerprint density at radius 1 is 0.342 bits per heavy atom. The van der Waals surface area contributed by atoms with Crippen molar-refractivity contribution in [2.24, 2.45) is 0 Å². The smallest absolute Gasteiger partial charge is 0.132 e. The maximum atomic E-state index is 7.02. The van der Waals surface area contributed by atoms with Gasteiger partial charge in [-0.3, -0.25) is 0 Å². The summed E-state index contributed by atoms with van der Waals surface area (Å²) in [6.07, 6.45) is 0. The Kier molecular flexibility index (Phi) is 9.52. The molecule has 0 unspecified atom stereocenters. The highest BCUT2D eigenvalue weighted by molar-refractivity contribution is 7.99. The Bertz CT molecular complexity index is 3800. The van der Waals surface area contributed by atoms with Gasteiger partial charge in [0.15, 0.2) is 0 Å². The molecular formula is C70H55NOS. The summed E-state index contributed by atoms with van der Waals surface area (Å²) < 4.78 is 7.02. The number of anilines is 3. The van der Waals surface area contributed by atoms with Gasteiger partial charge in [-0.25, -0.2) is 0 Å². The molecule has 0 radical (unpaired) electrons. The minimum Gasteiger partial charge on any atom is -0.457 e. The topological polar surface area (TPSA) is 12.5 Å². The van der Waals surface area contributed by atoms with Gasteiger partial charge in [0, 0.05) is 37.9 Å². The van der Waals surface area contributed by atoms with Gasteiger partial charge in [-0.15, -0.1) is 0 Å². The zero-order chi connectivity index (χ0) is 49.4. The monoisotopic (exact) mass is 957 g/mol. The Labute approximate surface area is 434 Å². The number of fused-ring (bicyclic) bond motifs is 18. The van der Waals surface area contributed by atoms with Crippen molar-refractivity contribution in [3.63, 3.8) is 0 Å². The average Bonchev–Trinajstić information content (AvgIpc) is 3.86. The fourth-order valence-corrected chi connectivity index (χ4v) is 14.1. The average molecular weight is 958 g/mol. The van der Waals surface area contributed by atoms with E-state index < -0.39 is 10.8 Å². The maximum absolute atomic E-state index is 7.02. The third-order valence-electron chi connectivity index (χ3n) is 16.3. The van der Waals surface area contributed by atoms with E-state index in [1.54, 1.807) is 0 Å². The zero-order valence-corrected chi connectivity index (χ0v) is 42.9. The fourth-order valence-electron chi connectivity index (χ4n) is 12.9. The van der Waals surface area contributed by atoms with E-state index in [0.29, 0.717) is 0 Å². The summed E-state index contributed by atoms with van der Waals surface area (Å²) in [5.74, 6) is 1.75. The molecule has 4 aliphatic rings. The third kappa shape index (κ3) is 6.25. The van der Waals surface area contributed by atoms with Crippen molar-refractivity contribution in [2.75, 3.05) is 4.90 Å². The number of hydrogen-bond donors (Lipinski definition) is 0. The Morgan fingerprint density at radius 3 is 1.36 bits per heavy atom. The predicted octanol–water partition coefficient (Wildman–Crippen LogP) is 18.7. The lowest BCUT2D eigenvalue weighted by atomic mass is 9.65. The van der Waals surface area contributed by atoms with Gasteiger partial charge in [0.1, 0.15) is 11.5 Å². The standard InChI is InChI=1S/C70H55NOS/c1-67(2,3)45-32-38-65-60(40-45)70(61-41-46(68(4,5)6)33-39-66(61)73-65)56-28-16-12-25-52(56)53-36-34-47(42-58(53)70)71(62-30-18-13-22-49(62)44-20-8-7-9-21-44)48-35-37-64-59(43-48)69(57-29-17-19-31-63(57)72-64)54-26-14-10-23-50(54)51-24-11-15-27-55(51)69/h7-43H,1-6H3. The minimum absolute atomic E-state index is 0.0520. The van der Waals surface area contributed by atoms with Crippen molar-refractivity contribution >= 4 is 28.8 Å². The van der Waals surface area contributed by atoms with Crippen LogP contribution in [0.2, 0.25) is 0 Å². The number of nitrogens with zero attached hydrogens (tertiary/aromatic N) is 1. The van der Waals surface area contributed by atoms with Gasteiger partial charge in [-0.1, -0.05) is 223 Å². The van der Waals surface area contributed by atoms with Crippen molar-refractivity contribution in [1.82, 2.24) is 0 Å². The second kappa shape index (κ2) is 15.8. The van der Waals surface area contributed by atoms with Gasteiger partial charge in [0.25, 0.3) is 0 Å². The summed E-state index contributed by atoms with van der Waals surface area (Å²) in [4.78, 5) is 5.14. The van der Waals surface area contributed by atoms with Crippen LogP contribution in [0.5, 0.6) is 11.5 Å². The molecule has 2 nitrogen and oxygen atoms in total. The lowest BCUT2D eigenvalue weighted by Gasteiger charge is -2.42.